The van der Waals surface area contributed by atoms with E-state index in [1.807, 2.05) is 4.90 Å². The van der Waals surface area contributed by atoms with Crippen LogP contribution in [0.15, 0.2) is 48.5 Å². The third-order valence-corrected chi connectivity index (χ3v) is 5.15. The second-order valence-electron chi connectivity index (χ2n) is 7.58. The monoisotopic (exact) mass is 454 g/mol. The second kappa shape index (κ2) is 10.2. The van der Waals surface area contributed by atoms with E-state index in [1.165, 1.54) is 24.3 Å². The molecule has 1 aliphatic rings. The summed E-state index contributed by atoms with van der Waals surface area (Å²) in [6.45, 7) is 3.21. The SMILES string of the molecule is CCOC(=O)C1CCCN(c2nc(Nc3ccc(F)cc3)nc(Nc3ccc(F)cc3)n2)C1. The van der Waals surface area contributed by atoms with Crippen molar-refractivity contribution in [2.75, 3.05) is 35.2 Å². The summed E-state index contributed by atoms with van der Waals surface area (Å²) in [6.07, 6.45) is 1.53. The van der Waals surface area contributed by atoms with Gasteiger partial charge < -0.3 is 20.3 Å². The summed E-state index contributed by atoms with van der Waals surface area (Å²) in [7, 11) is 0. The number of carbonyl (C=O) groups is 1. The van der Waals surface area contributed by atoms with E-state index in [-0.39, 0.29) is 35.4 Å². The number of aromatic nitrogens is 3. The molecule has 2 N–H and O–H groups in total. The van der Waals surface area contributed by atoms with Crippen molar-refractivity contribution in [3.63, 3.8) is 0 Å². The van der Waals surface area contributed by atoms with Gasteiger partial charge in [0.25, 0.3) is 0 Å². The number of esters is 1. The van der Waals surface area contributed by atoms with Gasteiger partial charge in [0.15, 0.2) is 0 Å². The smallest absolute Gasteiger partial charge is 0.310 e. The topological polar surface area (TPSA) is 92.3 Å². The molecule has 8 nitrogen and oxygen atoms in total. The third-order valence-electron chi connectivity index (χ3n) is 5.15. The van der Waals surface area contributed by atoms with Gasteiger partial charge in [-0.15, -0.1) is 0 Å². The molecule has 4 rings (SSSR count). The molecule has 0 saturated carbocycles. The van der Waals surface area contributed by atoms with Gasteiger partial charge in [-0.25, -0.2) is 8.78 Å². The van der Waals surface area contributed by atoms with Gasteiger partial charge in [0, 0.05) is 24.5 Å². The molecule has 2 heterocycles. The van der Waals surface area contributed by atoms with Crippen LogP contribution in [0.1, 0.15) is 19.8 Å². The summed E-state index contributed by atoms with van der Waals surface area (Å²) in [5.74, 6) is -0.331. The van der Waals surface area contributed by atoms with Crippen LogP contribution in [0.25, 0.3) is 0 Å². The highest BCUT2D eigenvalue weighted by Crippen LogP contribution is 2.25. The van der Waals surface area contributed by atoms with Gasteiger partial charge in [-0.3, -0.25) is 4.79 Å². The zero-order chi connectivity index (χ0) is 23.2. The molecule has 0 aliphatic carbocycles. The lowest BCUT2D eigenvalue weighted by Gasteiger charge is -2.31. The summed E-state index contributed by atoms with van der Waals surface area (Å²) in [5, 5.41) is 6.11. The molecule has 3 aromatic rings. The fraction of sp³-hybridized carbons (Fsp3) is 0.304. The summed E-state index contributed by atoms with van der Waals surface area (Å²) in [5.41, 5.74) is 1.20. The highest BCUT2D eigenvalue weighted by atomic mass is 19.1. The largest absolute Gasteiger partial charge is 0.466 e. The number of benzene rings is 2. The Morgan fingerprint density at radius 2 is 1.52 bits per heavy atom. The number of nitrogens with zero attached hydrogens (tertiary/aromatic N) is 4. The van der Waals surface area contributed by atoms with Crippen molar-refractivity contribution in [2.45, 2.75) is 19.8 Å². The molecule has 1 atom stereocenters. The first kappa shape index (κ1) is 22.4. The number of nitrogens with one attached hydrogen (secondary N) is 2. The van der Waals surface area contributed by atoms with E-state index in [4.69, 9.17) is 4.74 Å². The van der Waals surface area contributed by atoms with Gasteiger partial charge in [0.05, 0.1) is 12.5 Å². The van der Waals surface area contributed by atoms with Gasteiger partial charge in [-0.1, -0.05) is 0 Å². The normalized spacial score (nSPS) is 15.7. The second-order valence-corrected chi connectivity index (χ2v) is 7.58. The Labute approximate surface area is 190 Å². The molecule has 172 valence electrons. The highest BCUT2D eigenvalue weighted by molar-refractivity contribution is 5.73. The lowest BCUT2D eigenvalue weighted by atomic mass is 9.98. The average molecular weight is 454 g/mol. The van der Waals surface area contributed by atoms with Crippen molar-refractivity contribution in [1.29, 1.82) is 0 Å². The van der Waals surface area contributed by atoms with Gasteiger partial charge >= 0.3 is 5.97 Å². The molecule has 10 heteroatoms. The molecule has 1 unspecified atom stereocenters. The number of anilines is 5. The molecule has 1 fully saturated rings. The van der Waals surface area contributed by atoms with Crippen molar-refractivity contribution < 1.29 is 18.3 Å². The highest BCUT2D eigenvalue weighted by Gasteiger charge is 2.28. The van der Waals surface area contributed by atoms with Gasteiger partial charge in [-0.2, -0.15) is 15.0 Å². The van der Waals surface area contributed by atoms with Crippen molar-refractivity contribution in [1.82, 2.24) is 15.0 Å². The van der Waals surface area contributed by atoms with Gasteiger partial charge in [0.2, 0.25) is 17.8 Å². The number of ether oxygens (including phenoxy) is 1. The van der Waals surface area contributed by atoms with E-state index >= 15 is 0 Å². The zero-order valence-corrected chi connectivity index (χ0v) is 18.1. The zero-order valence-electron chi connectivity index (χ0n) is 18.1. The van der Waals surface area contributed by atoms with Gasteiger partial charge in [-0.05, 0) is 68.3 Å². The fourth-order valence-electron chi connectivity index (χ4n) is 3.55. The maximum Gasteiger partial charge on any atom is 0.310 e. The van der Waals surface area contributed by atoms with Crippen LogP contribution in [-0.2, 0) is 9.53 Å². The Morgan fingerprint density at radius 3 is 2.03 bits per heavy atom. The maximum absolute atomic E-state index is 13.3. The van der Waals surface area contributed by atoms with Crippen LogP contribution in [0.2, 0.25) is 0 Å². The minimum Gasteiger partial charge on any atom is -0.466 e. The molecule has 1 aromatic heterocycles. The van der Waals surface area contributed by atoms with Crippen LogP contribution in [0.4, 0.5) is 38.0 Å². The molecule has 0 amide bonds. The molecule has 0 radical (unpaired) electrons. The molecule has 1 saturated heterocycles. The first-order chi connectivity index (χ1) is 16.0. The van der Waals surface area contributed by atoms with Crippen LogP contribution in [0.5, 0.6) is 0 Å². The first-order valence-corrected chi connectivity index (χ1v) is 10.7. The molecule has 2 aromatic carbocycles. The number of hydrogen-bond acceptors (Lipinski definition) is 8. The van der Waals surface area contributed by atoms with Crippen LogP contribution in [0.3, 0.4) is 0 Å². The average Bonchev–Trinajstić information content (AvgIpc) is 2.82. The molecule has 33 heavy (non-hydrogen) atoms. The van der Waals surface area contributed by atoms with Crippen molar-refractivity contribution in [2.24, 2.45) is 5.92 Å². The number of piperidine rings is 1. The number of hydrogen-bond donors (Lipinski definition) is 2. The number of rotatable bonds is 7. The van der Waals surface area contributed by atoms with Crippen LogP contribution in [0, 0.1) is 17.6 Å². The Bertz CT molecular complexity index is 1030. The Morgan fingerprint density at radius 1 is 0.970 bits per heavy atom. The molecular weight excluding hydrogens is 430 g/mol. The lowest BCUT2D eigenvalue weighted by Crippen LogP contribution is -2.40. The Hall–Kier alpha value is -3.82. The van der Waals surface area contributed by atoms with E-state index in [9.17, 15) is 13.6 Å². The summed E-state index contributed by atoms with van der Waals surface area (Å²) in [4.78, 5) is 27.6. The standard InChI is InChI=1S/C23H24F2N6O2/c1-2-33-20(32)15-4-3-13-31(14-15)23-29-21(26-18-9-5-16(24)6-10-18)28-22(30-23)27-19-11-7-17(25)8-12-19/h5-12,15H,2-4,13-14H2,1H3,(H2,26,27,28,29,30). The predicted octanol–water partition coefficient (Wildman–Crippen LogP) is 4.42. The summed E-state index contributed by atoms with van der Waals surface area (Å²) >= 11 is 0. The fourth-order valence-corrected chi connectivity index (χ4v) is 3.55. The van der Waals surface area contributed by atoms with E-state index in [1.54, 1.807) is 31.2 Å². The first-order valence-electron chi connectivity index (χ1n) is 10.7. The van der Waals surface area contributed by atoms with Crippen molar-refractivity contribution >= 4 is 35.2 Å². The van der Waals surface area contributed by atoms with Gasteiger partial charge in [0.1, 0.15) is 11.6 Å². The maximum atomic E-state index is 13.3. The van der Waals surface area contributed by atoms with Crippen molar-refractivity contribution in [3.8, 4) is 0 Å². The summed E-state index contributed by atoms with van der Waals surface area (Å²) in [6, 6.07) is 11.6. The van der Waals surface area contributed by atoms with E-state index < -0.39 is 0 Å². The minimum atomic E-state index is -0.353. The van der Waals surface area contributed by atoms with E-state index in [0.717, 1.165) is 12.8 Å². The Balaban J connectivity index is 1.62. The molecule has 0 spiro atoms. The minimum absolute atomic E-state index is 0.231. The predicted molar refractivity (Wildman–Crippen MR) is 121 cm³/mol. The third kappa shape index (κ3) is 5.91. The molecule has 0 bridgehead atoms. The van der Waals surface area contributed by atoms with Crippen LogP contribution in [-0.4, -0.2) is 40.6 Å². The molecular formula is C23H24F2N6O2. The number of carbonyl (C=O) groups excluding carboxylic acids is 1. The Kier molecular flexibility index (Phi) is 6.92. The van der Waals surface area contributed by atoms with E-state index in [2.05, 4.69) is 25.6 Å². The quantitative estimate of drug-likeness (QED) is 0.507. The lowest BCUT2D eigenvalue weighted by molar-refractivity contribution is -0.148. The van der Waals surface area contributed by atoms with Crippen molar-refractivity contribution in [3.05, 3.63) is 60.2 Å². The van der Waals surface area contributed by atoms with Crippen LogP contribution >= 0.6 is 0 Å². The van der Waals surface area contributed by atoms with Crippen LogP contribution < -0.4 is 15.5 Å². The number of halogens is 2. The summed E-state index contributed by atoms with van der Waals surface area (Å²) < 4.78 is 31.7. The van der Waals surface area contributed by atoms with E-state index in [0.29, 0.717) is 37.0 Å². The molecule has 1 aliphatic heterocycles.